The number of hydrogen-bond acceptors (Lipinski definition) is 8. The molecule has 0 unspecified atom stereocenters. The molecule has 2 heterocycles. The number of morpholine rings is 1. The van der Waals surface area contributed by atoms with Crippen LogP contribution in [0.2, 0.25) is 0 Å². The Labute approximate surface area is 210 Å². The molecule has 2 fully saturated rings. The molecule has 8 nitrogen and oxygen atoms in total. The summed E-state index contributed by atoms with van der Waals surface area (Å²) >= 11 is 1.56. The van der Waals surface area contributed by atoms with Crippen LogP contribution in [-0.4, -0.2) is 70.1 Å². The van der Waals surface area contributed by atoms with Gasteiger partial charge in [-0.2, -0.15) is 0 Å². The number of carbonyl (C=O) groups excluding carboxylic acids is 1. The van der Waals surface area contributed by atoms with E-state index in [4.69, 9.17) is 9.72 Å². The number of anilines is 2. The van der Waals surface area contributed by atoms with Crippen molar-refractivity contribution in [1.82, 2.24) is 9.88 Å². The largest absolute Gasteiger partial charge is 0.508 e. The number of nitrogens with one attached hydrogen (secondary N) is 1. The standard InChI is InChI=1S/C26H35N3O5S/c1-25-7-6-21(32)26(2,15-30)20(25)14-19-23(18(25)13-22(33)29-8-10-34-11-9-29)28-24(35-19)27-16-4-3-5-17(31)12-16/h3-5,12,18,20-21,30-32H,6-11,13-15H2,1-2H3,(H,27,28)/t18-,20+,21-,25+,26+/m1/s1. The number of aliphatic hydroxyl groups is 2. The second kappa shape index (κ2) is 9.35. The molecule has 35 heavy (non-hydrogen) atoms. The average Bonchev–Trinajstić information content (AvgIpc) is 3.25. The number of rotatable bonds is 5. The molecular formula is C26H35N3O5S. The van der Waals surface area contributed by atoms with Crippen molar-refractivity contribution in [2.45, 2.75) is 51.6 Å². The maximum Gasteiger partial charge on any atom is 0.223 e. The molecule has 0 spiro atoms. The van der Waals surface area contributed by atoms with Gasteiger partial charge < -0.3 is 30.3 Å². The highest BCUT2D eigenvalue weighted by molar-refractivity contribution is 7.15. The monoisotopic (exact) mass is 501 g/mol. The van der Waals surface area contributed by atoms with Crippen LogP contribution in [0.1, 0.15) is 49.6 Å². The first-order valence-corrected chi connectivity index (χ1v) is 13.3. The van der Waals surface area contributed by atoms with Crippen LogP contribution in [0.4, 0.5) is 10.8 Å². The molecule has 5 rings (SSSR count). The molecule has 3 aliphatic rings. The molecule has 1 aromatic carbocycles. The summed E-state index contributed by atoms with van der Waals surface area (Å²) in [6.07, 6.45) is 1.86. The molecule has 1 amide bonds. The van der Waals surface area contributed by atoms with Gasteiger partial charge in [-0.05, 0) is 42.7 Å². The number of ether oxygens (including phenoxy) is 1. The normalized spacial score (nSPS) is 32.6. The van der Waals surface area contributed by atoms with Gasteiger partial charge in [0.2, 0.25) is 5.91 Å². The van der Waals surface area contributed by atoms with Crippen molar-refractivity contribution in [1.29, 1.82) is 0 Å². The molecule has 2 aromatic rings. The Balaban J connectivity index is 1.52. The molecule has 4 N–H and O–H groups in total. The van der Waals surface area contributed by atoms with E-state index in [1.54, 1.807) is 29.5 Å². The number of phenols is 1. The van der Waals surface area contributed by atoms with Crippen LogP contribution >= 0.6 is 11.3 Å². The number of nitrogens with zero attached hydrogens (tertiary/aromatic N) is 2. The van der Waals surface area contributed by atoms with Crippen LogP contribution in [-0.2, 0) is 16.0 Å². The summed E-state index contributed by atoms with van der Waals surface area (Å²) in [4.78, 5) is 21.4. The molecule has 0 radical (unpaired) electrons. The van der Waals surface area contributed by atoms with E-state index in [0.717, 1.165) is 27.8 Å². The lowest BCUT2D eigenvalue weighted by molar-refractivity contribution is -0.149. The van der Waals surface area contributed by atoms with E-state index in [1.807, 2.05) is 17.9 Å². The number of carbonyl (C=O) groups is 1. The van der Waals surface area contributed by atoms with E-state index in [2.05, 4.69) is 12.2 Å². The zero-order chi connectivity index (χ0) is 24.8. The topological polar surface area (TPSA) is 115 Å². The highest BCUT2D eigenvalue weighted by Gasteiger charge is 2.59. The van der Waals surface area contributed by atoms with Crippen molar-refractivity contribution in [3.63, 3.8) is 0 Å². The van der Waals surface area contributed by atoms with Gasteiger partial charge in [0.05, 0.1) is 31.6 Å². The van der Waals surface area contributed by atoms with Crippen molar-refractivity contribution < 1.29 is 24.9 Å². The zero-order valence-corrected chi connectivity index (χ0v) is 21.2. The number of thiazole rings is 1. The van der Waals surface area contributed by atoms with Crippen LogP contribution in [0.15, 0.2) is 24.3 Å². The van der Waals surface area contributed by atoms with Gasteiger partial charge in [0, 0.05) is 47.5 Å². The van der Waals surface area contributed by atoms with E-state index >= 15 is 0 Å². The molecule has 1 saturated carbocycles. The lowest BCUT2D eigenvalue weighted by Gasteiger charge is -2.58. The van der Waals surface area contributed by atoms with E-state index < -0.39 is 11.5 Å². The Morgan fingerprint density at radius 1 is 1.31 bits per heavy atom. The number of amides is 1. The van der Waals surface area contributed by atoms with Crippen LogP contribution in [0.25, 0.3) is 0 Å². The van der Waals surface area contributed by atoms with Crippen LogP contribution in [0.5, 0.6) is 5.75 Å². The summed E-state index contributed by atoms with van der Waals surface area (Å²) in [5, 5.41) is 35.2. The number of benzene rings is 1. The van der Waals surface area contributed by atoms with Gasteiger partial charge in [-0.1, -0.05) is 19.9 Å². The summed E-state index contributed by atoms with van der Waals surface area (Å²) in [6.45, 7) is 6.44. The van der Waals surface area contributed by atoms with Crippen molar-refractivity contribution in [2.75, 3.05) is 38.2 Å². The predicted molar refractivity (Wildman–Crippen MR) is 134 cm³/mol. The Bertz CT molecular complexity index is 1090. The minimum atomic E-state index is -0.645. The second-order valence-corrected chi connectivity index (χ2v) is 11.8. The number of hydrogen-bond donors (Lipinski definition) is 4. The number of aromatic hydroxyl groups is 1. The lowest BCUT2D eigenvalue weighted by Crippen LogP contribution is -2.58. The van der Waals surface area contributed by atoms with E-state index in [1.165, 1.54) is 0 Å². The Morgan fingerprint density at radius 3 is 2.80 bits per heavy atom. The average molecular weight is 502 g/mol. The Kier molecular flexibility index (Phi) is 6.54. The maximum absolute atomic E-state index is 13.4. The van der Waals surface area contributed by atoms with Crippen molar-refractivity contribution >= 4 is 28.1 Å². The van der Waals surface area contributed by atoms with Gasteiger partial charge in [0.25, 0.3) is 0 Å². The molecule has 1 saturated heterocycles. The van der Waals surface area contributed by atoms with Crippen LogP contribution in [0, 0.1) is 16.7 Å². The molecule has 0 bridgehead atoms. The summed E-state index contributed by atoms with van der Waals surface area (Å²) in [7, 11) is 0. The fourth-order valence-electron chi connectivity index (χ4n) is 6.52. The van der Waals surface area contributed by atoms with Crippen LogP contribution < -0.4 is 5.32 Å². The van der Waals surface area contributed by atoms with Gasteiger partial charge in [0.1, 0.15) is 5.75 Å². The summed E-state index contributed by atoms with van der Waals surface area (Å²) in [5.41, 5.74) is 0.779. The van der Waals surface area contributed by atoms with Gasteiger partial charge in [-0.3, -0.25) is 4.79 Å². The third-order valence-electron chi connectivity index (χ3n) is 8.73. The smallest absolute Gasteiger partial charge is 0.223 e. The van der Waals surface area contributed by atoms with Crippen molar-refractivity contribution in [3.05, 3.63) is 34.8 Å². The molecular weight excluding hydrogens is 466 g/mol. The number of aromatic nitrogens is 1. The highest BCUT2D eigenvalue weighted by atomic mass is 32.1. The Hall–Kier alpha value is -2.20. The minimum absolute atomic E-state index is 0.0211. The quantitative estimate of drug-likeness (QED) is 0.497. The van der Waals surface area contributed by atoms with Gasteiger partial charge in [0.15, 0.2) is 5.13 Å². The molecule has 9 heteroatoms. The lowest BCUT2D eigenvalue weighted by atomic mass is 9.47. The first-order chi connectivity index (χ1) is 16.7. The number of aliphatic hydroxyl groups excluding tert-OH is 2. The highest BCUT2D eigenvalue weighted by Crippen LogP contribution is 2.63. The van der Waals surface area contributed by atoms with Gasteiger partial charge in [-0.25, -0.2) is 4.98 Å². The summed E-state index contributed by atoms with van der Waals surface area (Å²) < 4.78 is 5.44. The molecule has 1 aliphatic heterocycles. The fraction of sp³-hybridized carbons (Fsp3) is 0.615. The van der Waals surface area contributed by atoms with E-state index in [-0.39, 0.29) is 35.5 Å². The zero-order valence-electron chi connectivity index (χ0n) is 20.4. The first kappa shape index (κ1) is 24.5. The Morgan fingerprint density at radius 2 is 2.09 bits per heavy atom. The maximum atomic E-state index is 13.4. The molecule has 1 aromatic heterocycles. The minimum Gasteiger partial charge on any atom is -0.508 e. The third kappa shape index (κ3) is 4.33. The van der Waals surface area contributed by atoms with E-state index in [0.29, 0.717) is 45.6 Å². The van der Waals surface area contributed by atoms with Crippen molar-refractivity contribution in [2.24, 2.45) is 16.7 Å². The first-order valence-electron chi connectivity index (χ1n) is 12.4. The van der Waals surface area contributed by atoms with Gasteiger partial charge in [-0.15, -0.1) is 11.3 Å². The summed E-state index contributed by atoms with van der Waals surface area (Å²) in [5.74, 6) is 0.198. The van der Waals surface area contributed by atoms with Crippen LogP contribution in [0.3, 0.4) is 0 Å². The predicted octanol–water partition coefficient (Wildman–Crippen LogP) is 3.26. The van der Waals surface area contributed by atoms with Crippen molar-refractivity contribution in [3.8, 4) is 5.75 Å². The summed E-state index contributed by atoms with van der Waals surface area (Å²) in [6, 6.07) is 6.93. The number of phenolic OH excluding ortho intramolecular Hbond substituents is 1. The molecule has 5 atom stereocenters. The second-order valence-electron chi connectivity index (χ2n) is 10.7. The fourth-order valence-corrected chi connectivity index (χ4v) is 7.61. The van der Waals surface area contributed by atoms with Gasteiger partial charge >= 0.3 is 0 Å². The molecule has 2 aliphatic carbocycles. The third-order valence-corrected chi connectivity index (χ3v) is 9.74. The number of fused-ring (bicyclic) bond motifs is 2. The molecule has 190 valence electrons. The SMILES string of the molecule is C[C@]1(CO)[C@H]2Cc3sc(Nc4cccc(O)c4)nc3[C@@H](CC(=O)N3CCOCC3)[C@]2(C)CC[C@H]1O. The van der Waals surface area contributed by atoms with E-state index in [9.17, 15) is 20.1 Å².